The van der Waals surface area contributed by atoms with E-state index in [4.69, 9.17) is 21.8 Å². The normalized spacial score (nSPS) is 19.9. The van der Waals surface area contributed by atoms with Gasteiger partial charge in [-0.1, -0.05) is 36.8 Å². The number of amides is 1. The largest absolute Gasteiger partial charge is 0.457 e. The minimum Gasteiger partial charge on any atom is -0.457 e. The Morgan fingerprint density at radius 2 is 1.82 bits per heavy atom. The number of hydrogen-bond acceptors (Lipinski definition) is 6. The highest BCUT2D eigenvalue weighted by Crippen LogP contribution is 2.38. The van der Waals surface area contributed by atoms with Crippen LogP contribution in [0.25, 0.3) is 17.4 Å². The van der Waals surface area contributed by atoms with Crippen LogP contribution in [0.4, 0.5) is 0 Å². The third kappa shape index (κ3) is 3.80. The Hall–Kier alpha value is -1.94. The smallest absolute Gasteiger partial charge is 0.266 e. The fourth-order valence-electron chi connectivity index (χ4n) is 3.48. The number of furan rings is 1. The second-order valence-corrected chi connectivity index (χ2v) is 10.00. The van der Waals surface area contributed by atoms with Crippen molar-refractivity contribution in [3.8, 4) is 11.3 Å². The molecule has 1 aromatic carbocycles. The molecule has 9 heteroatoms. The first-order chi connectivity index (χ1) is 13.3. The summed E-state index contributed by atoms with van der Waals surface area (Å²) in [6.07, 6.45) is 5.97. The minimum atomic E-state index is -3.73. The van der Waals surface area contributed by atoms with E-state index in [2.05, 4.69) is 0 Å². The van der Waals surface area contributed by atoms with E-state index in [0.29, 0.717) is 26.3 Å². The van der Waals surface area contributed by atoms with Crippen molar-refractivity contribution in [2.75, 3.05) is 0 Å². The Kier molecular flexibility index (Phi) is 5.17. The van der Waals surface area contributed by atoms with Crippen molar-refractivity contribution < 1.29 is 17.6 Å². The molecule has 2 aromatic rings. The molecule has 2 heterocycles. The Labute approximate surface area is 172 Å². The van der Waals surface area contributed by atoms with Crippen LogP contribution in [0.5, 0.6) is 0 Å². The predicted molar refractivity (Wildman–Crippen MR) is 113 cm³/mol. The number of benzene rings is 1. The molecule has 2 fully saturated rings. The summed E-state index contributed by atoms with van der Waals surface area (Å²) in [6.45, 7) is 0. The summed E-state index contributed by atoms with van der Waals surface area (Å²) >= 11 is 6.71. The number of nitrogens with zero attached hydrogens (tertiary/aromatic N) is 1. The van der Waals surface area contributed by atoms with E-state index in [1.165, 1.54) is 23.9 Å². The SMILES string of the molecule is NS(=O)(=O)c1ccc(-c2ccc(/C=C3/SC(=S)N(C4CCCC4)C3=O)o2)cc1. The number of hydrogen-bond donors (Lipinski definition) is 1. The van der Waals surface area contributed by atoms with Crippen molar-refractivity contribution in [2.45, 2.75) is 36.6 Å². The molecular weight excluding hydrogens is 416 g/mol. The first kappa shape index (κ1) is 19.4. The van der Waals surface area contributed by atoms with Gasteiger partial charge in [-0.05, 0) is 49.2 Å². The molecule has 1 saturated heterocycles. The monoisotopic (exact) mass is 434 g/mol. The topological polar surface area (TPSA) is 93.6 Å². The van der Waals surface area contributed by atoms with Crippen molar-refractivity contribution in [3.05, 3.63) is 47.1 Å². The molecule has 4 rings (SSSR count). The van der Waals surface area contributed by atoms with Crippen LogP contribution in [-0.4, -0.2) is 29.6 Å². The lowest BCUT2D eigenvalue weighted by atomic mass is 10.2. The minimum absolute atomic E-state index is 0.0404. The molecule has 28 heavy (non-hydrogen) atoms. The average molecular weight is 435 g/mol. The summed E-state index contributed by atoms with van der Waals surface area (Å²) in [5, 5.41) is 5.11. The van der Waals surface area contributed by atoms with Crippen molar-refractivity contribution in [3.63, 3.8) is 0 Å². The summed E-state index contributed by atoms with van der Waals surface area (Å²) in [6, 6.07) is 9.87. The van der Waals surface area contributed by atoms with Gasteiger partial charge in [-0.25, -0.2) is 13.6 Å². The molecule has 0 spiro atoms. The molecule has 2 aliphatic rings. The van der Waals surface area contributed by atoms with E-state index < -0.39 is 10.0 Å². The molecule has 6 nitrogen and oxygen atoms in total. The Balaban J connectivity index is 1.55. The summed E-state index contributed by atoms with van der Waals surface area (Å²) in [5.74, 6) is 1.05. The van der Waals surface area contributed by atoms with Gasteiger partial charge in [0.05, 0.1) is 9.80 Å². The number of thiocarbonyl (C=S) groups is 1. The highest BCUT2D eigenvalue weighted by atomic mass is 32.2. The maximum atomic E-state index is 12.8. The zero-order chi connectivity index (χ0) is 19.9. The lowest BCUT2D eigenvalue weighted by Crippen LogP contribution is -2.36. The molecule has 146 valence electrons. The number of sulfonamides is 1. The molecule has 0 atom stereocenters. The Bertz CT molecular complexity index is 1060. The van der Waals surface area contributed by atoms with Crippen LogP contribution in [0.3, 0.4) is 0 Å². The van der Waals surface area contributed by atoms with Gasteiger partial charge in [0.25, 0.3) is 5.91 Å². The summed E-state index contributed by atoms with van der Waals surface area (Å²) < 4.78 is 29.1. The fraction of sp³-hybridized carbons (Fsp3) is 0.263. The van der Waals surface area contributed by atoms with Gasteiger partial charge < -0.3 is 4.42 Å². The second kappa shape index (κ2) is 7.47. The fourth-order valence-corrected chi connectivity index (χ4v) is 5.38. The maximum absolute atomic E-state index is 12.8. The number of thioether (sulfide) groups is 1. The molecular formula is C19H18N2O4S3. The molecule has 0 radical (unpaired) electrons. The van der Waals surface area contributed by atoms with Crippen molar-refractivity contribution in [1.29, 1.82) is 0 Å². The van der Waals surface area contributed by atoms with Gasteiger partial charge in [-0.15, -0.1) is 0 Å². The molecule has 1 amide bonds. The van der Waals surface area contributed by atoms with Crippen molar-refractivity contribution in [2.24, 2.45) is 5.14 Å². The molecule has 1 aromatic heterocycles. The third-order valence-corrected chi connectivity index (χ3v) is 7.14. The average Bonchev–Trinajstić information content (AvgIpc) is 3.37. The number of carbonyl (C=O) groups is 1. The van der Waals surface area contributed by atoms with E-state index in [1.807, 2.05) is 0 Å². The quantitative estimate of drug-likeness (QED) is 0.582. The molecule has 2 N–H and O–H groups in total. The lowest BCUT2D eigenvalue weighted by molar-refractivity contribution is -0.123. The second-order valence-electron chi connectivity index (χ2n) is 6.76. The number of rotatable bonds is 4. The first-order valence-electron chi connectivity index (χ1n) is 8.83. The Morgan fingerprint density at radius 1 is 1.14 bits per heavy atom. The van der Waals surface area contributed by atoms with Crippen molar-refractivity contribution >= 4 is 50.3 Å². The summed E-state index contributed by atoms with van der Waals surface area (Å²) in [5.41, 5.74) is 0.713. The zero-order valence-corrected chi connectivity index (χ0v) is 17.3. The van der Waals surface area contributed by atoms with E-state index >= 15 is 0 Å². The molecule has 0 bridgehead atoms. The van der Waals surface area contributed by atoms with Crippen LogP contribution in [0.2, 0.25) is 0 Å². The van der Waals surface area contributed by atoms with Gasteiger partial charge in [-0.2, -0.15) is 0 Å². The van der Waals surface area contributed by atoms with Gasteiger partial charge in [0, 0.05) is 17.7 Å². The number of primary sulfonamides is 1. The van der Waals surface area contributed by atoms with E-state index in [-0.39, 0.29) is 16.8 Å². The van der Waals surface area contributed by atoms with Crippen molar-refractivity contribution in [1.82, 2.24) is 4.90 Å². The Morgan fingerprint density at radius 3 is 2.46 bits per heavy atom. The van der Waals surface area contributed by atoms with Crippen LogP contribution in [0.15, 0.2) is 50.6 Å². The van der Waals surface area contributed by atoms with Crippen LogP contribution in [0, 0.1) is 0 Å². The van der Waals surface area contributed by atoms with Crippen LogP contribution < -0.4 is 5.14 Å². The summed E-state index contributed by atoms with van der Waals surface area (Å²) in [4.78, 5) is 15.1. The highest BCUT2D eigenvalue weighted by Gasteiger charge is 2.38. The van der Waals surface area contributed by atoms with Crippen LogP contribution in [0.1, 0.15) is 31.4 Å². The molecule has 1 aliphatic heterocycles. The predicted octanol–water partition coefficient (Wildman–Crippen LogP) is 3.74. The van der Waals surface area contributed by atoms with Crippen LogP contribution >= 0.6 is 24.0 Å². The van der Waals surface area contributed by atoms with Gasteiger partial charge in [0.1, 0.15) is 15.8 Å². The van der Waals surface area contributed by atoms with Gasteiger partial charge in [0.2, 0.25) is 10.0 Å². The number of nitrogens with two attached hydrogens (primary N) is 1. The standard InChI is InChI=1S/C19H18N2O4S3/c20-28(23,24)15-8-5-12(6-9-15)16-10-7-14(25-16)11-17-18(22)21(19(26)27-17)13-3-1-2-4-13/h5-11,13H,1-4H2,(H2,20,23,24)/b17-11+. The summed E-state index contributed by atoms with van der Waals surface area (Å²) in [7, 11) is -3.73. The first-order valence-corrected chi connectivity index (χ1v) is 11.6. The van der Waals surface area contributed by atoms with E-state index in [1.54, 1.807) is 35.2 Å². The molecule has 1 aliphatic carbocycles. The molecule has 1 saturated carbocycles. The van der Waals surface area contributed by atoms with Gasteiger partial charge in [-0.3, -0.25) is 9.69 Å². The molecule has 0 unspecified atom stereocenters. The third-order valence-electron chi connectivity index (χ3n) is 4.88. The highest BCUT2D eigenvalue weighted by molar-refractivity contribution is 8.26. The lowest BCUT2D eigenvalue weighted by Gasteiger charge is -2.21. The van der Waals surface area contributed by atoms with Gasteiger partial charge >= 0.3 is 0 Å². The van der Waals surface area contributed by atoms with Gasteiger partial charge in [0.15, 0.2) is 0 Å². The number of carbonyl (C=O) groups excluding carboxylic acids is 1. The van der Waals surface area contributed by atoms with E-state index in [0.717, 1.165) is 25.7 Å². The zero-order valence-electron chi connectivity index (χ0n) is 14.8. The van der Waals surface area contributed by atoms with E-state index in [9.17, 15) is 13.2 Å². The maximum Gasteiger partial charge on any atom is 0.266 e. The van der Waals surface area contributed by atoms with Crippen LogP contribution in [-0.2, 0) is 14.8 Å².